The fraction of sp³-hybridized carbons (Fsp3) is 0.200. The summed E-state index contributed by atoms with van der Waals surface area (Å²) in [5, 5.41) is 0.430. The van der Waals surface area contributed by atoms with Crippen molar-refractivity contribution in [1.29, 1.82) is 0 Å². The molecule has 1 aliphatic rings. The molecule has 0 saturated heterocycles. The summed E-state index contributed by atoms with van der Waals surface area (Å²) in [6, 6.07) is 11.9. The Morgan fingerprint density at radius 3 is 2.11 bits per heavy atom. The van der Waals surface area contributed by atoms with Crippen molar-refractivity contribution in [2.24, 2.45) is 7.05 Å². The van der Waals surface area contributed by atoms with Crippen LogP contribution in [0, 0.1) is 6.92 Å². The normalized spacial score (nSPS) is 13.5. The standard InChI is InChI=1S/C20H17N3O4/c1-12-7-8-16-15(11-12)19(26)23(20(27)21(16)2)10-9-22-17(24)13-5-3-4-6-14(13)18(22)25/h3-8,11H,9-10H2,1-2H3. The van der Waals surface area contributed by atoms with Crippen LogP contribution >= 0.6 is 0 Å². The summed E-state index contributed by atoms with van der Waals surface area (Å²) in [5.74, 6) is -0.811. The second kappa shape index (κ2) is 6.05. The van der Waals surface area contributed by atoms with E-state index in [2.05, 4.69) is 0 Å². The number of imide groups is 1. The lowest BCUT2D eigenvalue weighted by atomic mass is 10.1. The Hall–Kier alpha value is -3.48. The van der Waals surface area contributed by atoms with E-state index in [0.717, 1.165) is 15.0 Å². The van der Waals surface area contributed by atoms with Gasteiger partial charge in [-0.25, -0.2) is 4.79 Å². The van der Waals surface area contributed by atoms with Gasteiger partial charge < -0.3 is 0 Å². The maximum absolute atomic E-state index is 12.8. The average Bonchev–Trinajstić information content (AvgIpc) is 2.91. The number of aryl methyl sites for hydroxylation is 2. The molecule has 7 nitrogen and oxygen atoms in total. The minimum absolute atomic E-state index is 0.0428. The highest BCUT2D eigenvalue weighted by Gasteiger charge is 2.34. The Morgan fingerprint density at radius 2 is 1.48 bits per heavy atom. The second-order valence-electron chi connectivity index (χ2n) is 6.63. The fourth-order valence-corrected chi connectivity index (χ4v) is 3.47. The van der Waals surface area contributed by atoms with Gasteiger partial charge >= 0.3 is 5.69 Å². The van der Waals surface area contributed by atoms with Gasteiger partial charge in [0, 0.05) is 20.1 Å². The van der Waals surface area contributed by atoms with E-state index in [9.17, 15) is 19.2 Å². The number of aromatic nitrogens is 2. The van der Waals surface area contributed by atoms with Crippen molar-refractivity contribution in [2.75, 3.05) is 6.54 Å². The molecule has 3 aromatic rings. The van der Waals surface area contributed by atoms with Crippen LogP contribution in [0.25, 0.3) is 10.9 Å². The van der Waals surface area contributed by atoms with Crippen molar-refractivity contribution in [3.05, 3.63) is 80.0 Å². The lowest BCUT2D eigenvalue weighted by Gasteiger charge is -2.16. The molecular weight excluding hydrogens is 346 g/mol. The maximum atomic E-state index is 12.8. The summed E-state index contributed by atoms with van der Waals surface area (Å²) in [5.41, 5.74) is 1.24. The third-order valence-corrected chi connectivity index (χ3v) is 4.93. The van der Waals surface area contributed by atoms with Gasteiger partial charge in [-0.2, -0.15) is 0 Å². The molecule has 0 aliphatic carbocycles. The fourth-order valence-electron chi connectivity index (χ4n) is 3.47. The lowest BCUT2D eigenvalue weighted by Crippen LogP contribution is -2.43. The van der Waals surface area contributed by atoms with Gasteiger partial charge in [-0.1, -0.05) is 23.8 Å². The SMILES string of the molecule is Cc1ccc2c(c1)c(=O)n(CCN1C(=O)c3ccccc3C1=O)c(=O)n2C. The van der Waals surface area contributed by atoms with Gasteiger partial charge in [0.1, 0.15) is 0 Å². The summed E-state index contributed by atoms with van der Waals surface area (Å²) in [6.07, 6.45) is 0. The number of amides is 2. The molecule has 0 bridgehead atoms. The molecule has 0 radical (unpaired) electrons. The third kappa shape index (κ3) is 2.51. The van der Waals surface area contributed by atoms with E-state index in [1.165, 1.54) is 4.57 Å². The molecule has 7 heteroatoms. The van der Waals surface area contributed by atoms with E-state index < -0.39 is 23.1 Å². The lowest BCUT2D eigenvalue weighted by molar-refractivity contribution is 0.0648. The number of hydrogen-bond acceptors (Lipinski definition) is 4. The van der Waals surface area contributed by atoms with Crippen LogP contribution in [-0.2, 0) is 13.6 Å². The summed E-state index contributed by atoms with van der Waals surface area (Å²) >= 11 is 0. The van der Waals surface area contributed by atoms with Crippen molar-refractivity contribution < 1.29 is 9.59 Å². The molecule has 2 aromatic carbocycles. The Morgan fingerprint density at radius 1 is 0.852 bits per heavy atom. The summed E-state index contributed by atoms with van der Waals surface area (Å²) in [7, 11) is 1.60. The predicted molar refractivity (Wildman–Crippen MR) is 100.0 cm³/mol. The topological polar surface area (TPSA) is 81.4 Å². The van der Waals surface area contributed by atoms with Crippen molar-refractivity contribution in [3.63, 3.8) is 0 Å². The molecule has 0 spiro atoms. The van der Waals surface area contributed by atoms with Gasteiger partial charge in [0.2, 0.25) is 0 Å². The van der Waals surface area contributed by atoms with Crippen LogP contribution < -0.4 is 11.2 Å². The highest BCUT2D eigenvalue weighted by atomic mass is 16.2. The van der Waals surface area contributed by atoms with E-state index in [0.29, 0.717) is 22.0 Å². The summed E-state index contributed by atoms with van der Waals surface area (Å²) < 4.78 is 2.48. The van der Waals surface area contributed by atoms with Crippen molar-refractivity contribution >= 4 is 22.7 Å². The van der Waals surface area contributed by atoms with E-state index in [1.54, 1.807) is 43.4 Å². The van der Waals surface area contributed by atoms with E-state index >= 15 is 0 Å². The Balaban J connectivity index is 1.72. The number of carbonyl (C=O) groups is 2. The van der Waals surface area contributed by atoms with Crippen LogP contribution in [0.2, 0.25) is 0 Å². The van der Waals surface area contributed by atoms with Gasteiger partial charge in [-0.3, -0.25) is 28.4 Å². The number of rotatable bonds is 3. The number of fused-ring (bicyclic) bond motifs is 2. The first kappa shape index (κ1) is 17.0. The van der Waals surface area contributed by atoms with Gasteiger partial charge in [0.25, 0.3) is 17.4 Å². The van der Waals surface area contributed by atoms with E-state index in [-0.39, 0.29) is 13.1 Å². The number of nitrogens with zero attached hydrogens (tertiary/aromatic N) is 3. The molecule has 27 heavy (non-hydrogen) atoms. The van der Waals surface area contributed by atoms with Gasteiger partial charge in [-0.05, 0) is 31.2 Å². The minimum Gasteiger partial charge on any atom is -0.296 e. The first-order valence-electron chi connectivity index (χ1n) is 8.55. The maximum Gasteiger partial charge on any atom is 0.331 e. The number of carbonyl (C=O) groups excluding carboxylic acids is 2. The summed E-state index contributed by atoms with van der Waals surface area (Å²) in [6.45, 7) is 1.77. The number of hydrogen-bond donors (Lipinski definition) is 0. The smallest absolute Gasteiger partial charge is 0.296 e. The monoisotopic (exact) mass is 363 g/mol. The van der Waals surface area contributed by atoms with Gasteiger partial charge in [-0.15, -0.1) is 0 Å². The Labute approximate surface area is 154 Å². The quantitative estimate of drug-likeness (QED) is 0.657. The summed E-state index contributed by atoms with van der Waals surface area (Å²) in [4.78, 5) is 51.4. The largest absolute Gasteiger partial charge is 0.331 e. The first-order valence-corrected chi connectivity index (χ1v) is 8.55. The van der Waals surface area contributed by atoms with Crippen LogP contribution in [0.1, 0.15) is 26.3 Å². The van der Waals surface area contributed by atoms with Crippen LogP contribution in [-0.4, -0.2) is 32.4 Å². The minimum atomic E-state index is -0.479. The van der Waals surface area contributed by atoms with Gasteiger partial charge in [0.15, 0.2) is 0 Å². The highest BCUT2D eigenvalue weighted by Crippen LogP contribution is 2.22. The Kier molecular flexibility index (Phi) is 3.80. The zero-order valence-corrected chi connectivity index (χ0v) is 14.9. The van der Waals surface area contributed by atoms with Crippen molar-refractivity contribution in [3.8, 4) is 0 Å². The zero-order valence-electron chi connectivity index (χ0n) is 14.9. The second-order valence-corrected chi connectivity index (χ2v) is 6.63. The van der Waals surface area contributed by atoms with Crippen LogP contribution in [0.3, 0.4) is 0 Å². The average molecular weight is 363 g/mol. The van der Waals surface area contributed by atoms with Crippen LogP contribution in [0.5, 0.6) is 0 Å². The molecule has 0 fully saturated rings. The first-order chi connectivity index (χ1) is 12.9. The van der Waals surface area contributed by atoms with E-state index in [1.807, 2.05) is 13.0 Å². The van der Waals surface area contributed by atoms with Gasteiger partial charge in [0.05, 0.1) is 22.0 Å². The van der Waals surface area contributed by atoms with Crippen molar-refractivity contribution in [2.45, 2.75) is 13.5 Å². The van der Waals surface area contributed by atoms with Crippen LogP contribution in [0.15, 0.2) is 52.1 Å². The molecule has 0 N–H and O–H groups in total. The Bertz CT molecular complexity index is 1200. The molecule has 0 unspecified atom stereocenters. The van der Waals surface area contributed by atoms with Crippen molar-refractivity contribution in [1.82, 2.24) is 14.0 Å². The number of benzene rings is 2. The van der Waals surface area contributed by atoms with E-state index in [4.69, 9.17) is 0 Å². The van der Waals surface area contributed by atoms with Crippen LogP contribution in [0.4, 0.5) is 0 Å². The zero-order chi connectivity index (χ0) is 19.3. The molecule has 1 aliphatic heterocycles. The predicted octanol–water partition coefficient (Wildman–Crippen LogP) is 1.30. The molecule has 2 amide bonds. The molecular formula is C20H17N3O4. The highest BCUT2D eigenvalue weighted by molar-refractivity contribution is 6.21. The molecule has 136 valence electrons. The molecule has 0 saturated carbocycles. The molecule has 2 heterocycles. The molecule has 1 aromatic heterocycles. The molecule has 0 atom stereocenters. The molecule has 4 rings (SSSR count). The third-order valence-electron chi connectivity index (χ3n) is 4.93.